The molecular formula is C14H21NO2S. The molecular weight excluding hydrogens is 246 g/mol. The molecule has 1 N–H and O–H groups in total. The Morgan fingerprint density at radius 2 is 1.83 bits per heavy atom. The topological polar surface area (TPSA) is 46.2 Å². The van der Waals surface area contributed by atoms with Crippen LogP contribution in [-0.2, 0) is 9.84 Å². The lowest BCUT2D eigenvalue weighted by Gasteiger charge is -2.27. The molecule has 4 heteroatoms. The second kappa shape index (κ2) is 5.41. The van der Waals surface area contributed by atoms with Gasteiger partial charge in [0.1, 0.15) is 9.84 Å². The van der Waals surface area contributed by atoms with Gasteiger partial charge in [0.2, 0.25) is 0 Å². The Kier molecular flexibility index (Phi) is 4.07. The zero-order valence-corrected chi connectivity index (χ0v) is 11.8. The predicted octanol–water partition coefficient (Wildman–Crippen LogP) is 2.22. The number of hydrogen-bond donors (Lipinski definition) is 1. The summed E-state index contributed by atoms with van der Waals surface area (Å²) in [5.41, 5.74) is 2.58. The highest BCUT2D eigenvalue weighted by molar-refractivity contribution is 7.91. The molecule has 1 aromatic carbocycles. The van der Waals surface area contributed by atoms with Gasteiger partial charge in [-0.25, -0.2) is 8.42 Å². The fraction of sp³-hybridized carbons (Fsp3) is 0.571. The summed E-state index contributed by atoms with van der Waals surface area (Å²) < 4.78 is 22.8. The number of hydrogen-bond acceptors (Lipinski definition) is 3. The first-order valence-corrected chi connectivity index (χ1v) is 8.32. The van der Waals surface area contributed by atoms with Gasteiger partial charge in [0.05, 0.1) is 11.5 Å². The third-order valence-corrected chi connectivity index (χ3v) is 5.41. The maximum atomic E-state index is 11.4. The van der Waals surface area contributed by atoms with Crippen LogP contribution in [0.25, 0.3) is 0 Å². The van der Waals surface area contributed by atoms with E-state index in [1.54, 1.807) is 0 Å². The van der Waals surface area contributed by atoms with Crippen LogP contribution in [0.5, 0.6) is 0 Å². The summed E-state index contributed by atoms with van der Waals surface area (Å²) >= 11 is 0. The smallest absolute Gasteiger partial charge is 0.150 e. The van der Waals surface area contributed by atoms with Crippen molar-refractivity contribution in [2.45, 2.75) is 38.8 Å². The van der Waals surface area contributed by atoms with Crippen molar-refractivity contribution in [3.05, 3.63) is 35.4 Å². The van der Waals surface area contributed by atoms with Gasteiger partial charge in [0, 0.05) is 12.1 Å². The van der Waals surface area contributed by atoms with E-state index >= 15 is 0 Å². The van der Waals surface area contributed by atoms with E-state index in [0.717, 1.165) is 12.8 Å². The average Bonchev–Trinajstić information content (AvgIpc) is 2.32. The van der Waals surface area contributed by atoms with Gasteiger partial charge in [-0.3, -0.25) is 0 Å². The highest BCUT2D eigenvalue weighted by Crippen LogP contribution is 2.20. The van der Waals surface area contributed by atoms with E-state index in [1.807, 2.05) is 12.1 Å². The predicted molar refractivity (Wildman–Crippen MR) is 74.4 cm³/mol. The molecule has 18 heavy (non-hydrogen) atoms. The van der Waals surface area contributed by atoms with Crippen LogP contribution in [0.3, 0.4) is 0 Å². The van der Waals surface area contributed by atoms with Gasteiger partial charge < -0.3 is 5.32 Å². The number of benzene rings is 1. The second-order valence-electron chi connectivity index (χ2n) is 5.17. The molecule has 1 aromatic rings. The summed E-state index contributed by atoms with van der Waals surface area (Å²) in [6.07, 6.45) is 1.47. The Labute approximate surface area is 110 Å². The zero-order valence-electron chi connectivity index (χ0n) is 11.0. The van der Waals surface area contributed by atoms with Crippen molar-refractivity contribution in [1.29, 1.82) is 0 Å². The van der Waals surface area contributed by atoms with Crippen LogP contribution in [0.4, 0.5) is 0 Å². The molecule has 1 fully saturated rings. The molecule has 1 aliphatic rings. The molecule has 0 bridgehead atoms. The molecule has 100 valence electrons. The Morgan fingerprint density at radius 1 is 1.22 bits per heavy atom. The van der Waals surface area contributed by atoms with Crippen LogP contribution in [0.1, 0.15) is 36.9 Å². The fourth-order valence-electron chi connectivity index (χ4n) is 2.57. The van der Waals surface area contributed by atoms with Crippen molar-refractivity contribution in [1.82, 2.24) is 5.32 Å². The fourth-order valence-corrected chi connectivity index (χ4v) is 4.06. The Balaban J connectivity index is 1.97. The molecule has 0 amide bonds. The Bertz CT molecular complexity index is 496. The van der Waals surface area contributed by atoms with Crippen LogP contribution >= 0.6 is 0 Å². The number of rotatable bonds is 3. The third kappa shape index (κ3) is 3.33. The highest BCUT2D eigenvalue weighted by Gasteiger charge is 2.24. The van der Waals surface area contributed by atoms with E-state index in [2.05, 4.69) is 31.3 Å². The van der Waals surface area contributed by atoms with Gasteiger partial charge in [-0.1, -0.05) is 24.3 Å². The lowest BCUT2D eigenvalue weighted by atomic mass is 10.0. The molecule has 2 rings (SSSR count). The van der Waals surface area contributed by atoms with Crippen LogP contribution in [0, 0.1) is 6.92 Å². The largest absolute Gasteiger partial charge is 0.307 e. The SMILES string of the molecule is Cc1ccccc1C(C)NC1CCS(=O)(=O)CC1. The van der Waals surface area contributed by atoms with E-state index in [1.165, 1.54) is 11.1 Å². The monoisotopic (exact) mass is 267 g/mol. The van der Waals surface area contributed by atoms with Crippen LogP contribution in [0.15, 0.2) is 24.3 Å². The summed E-state index contributed by atoms with van der Waals surface area (Å²) in [6, 6.07) is 8.93. The maximum absolute atomic E-state index is 11.4. The minimum absolute atomic E-state index is 0.275. The lowest BCUT2D eigenvalue weighted by molar-refractivity contribution is 0.419. The molecule has 0 saturated carbocycles. The van der Waals surface area contributed by atoms with Crippen LogP contribution < -0.4 is 5.32 Å². The average molecular weight is 267 g/mol. The Morgan fingerprint density at radius 3 is 2.44 bits per heavy atom. The molecule has 1 saturated heterocycles. The number of aryl methyl sites for hydroxylation is 1. The minimum atomic E-state index is -2.76. The van der Waals surface area contributed by atoms with Crippen molar-refractivity contribution in [3.8, 4) is 0 Å². The molecule has 0 aromatic heterocycles. The van der Waals surface area contributed by atoms with Gasteiger partial charge in [0.15, 0.2) is 0 Å². The van der Waals surface area contributed by atoms with Crippen molar-refractivity contribution < 1.29 is 8.42 Å². The van der Waals surface area contributed by atoms with E-state index in [9.17, 15) is 8.42 Å². The van der Waals surface area contributed by atoms with Crippen molar-refractivity contribution in [2.24, 2.45) is 0 Å². The van der Waals surface area contributed by atoms with E-state index in [4.69, 9.17) is 0 Å². The van der Waals surface area contributed by atoms with Crippen molar-refractivity contribution in [3.63, 3.8) is 0 Å². The molecule has 3 nitrogen and oxygen atoms in total. The van der Waals surface area contributed by atoms with Gasteiger partial charge in [-0.2, -0.15) is 0 Å². The summed E-state index contributed by atoms with van der Waals surface area (Å²) in [6.45, 7) is 4.25. The highest BCUT2D eigenvalue weighted by atomic mass is 32.2. The second-order valence-corrected chi connectivity index (χ2v) is 7.47. The molecule has 1 unspecified atom stereocenters. The van der Waals surface area contributed by atoms with E-state index < -0.39 is 9.84 Å². The summed E-state index contributed by atoms with van der Waals surface area (Å²) in [5.74, 6) is 0.649. The summed E-state index contributed by atoms with van der Waals surface area (Å²) in [5, 5.41) is 3.55. The van der Waals surface area contributed by atoms with Gasteiger partial charge in [0.25, 0.3) is 0 Å². The van der Waals surface area contributed by atoms with Crippen LogP contribution in [0.2, 0.25) is 0 Å². The van der Waals surface area contributed by atoms with Crippen molar-refractivity contribution >= 4 is 9.84 Å². The standard InChI is InChI=1S/C14H21NO2S/c1-11-5-3-4-6-14(11)12(2)15-13-7-9-18(16,17)10-8-13/h3-6,12-13,15H,7-10H2,1-2H3. The third-order valence-electron chi connectivity index (χ3n) is 3.70. The molecule has 1 heterocycles. The quantitative estimate of drug-likeness (QED) is 0.913. The molecule has 1 atom stereocenters. The maximum Gasteiger partial charge on any atom is 0.150 e. The summed E-state index contributed by atoms with van der Waals surface area (Å²) in [7, 11) is -2.76. The van der Waals surface area contributed by atoms with E-state index in [-0.39, 0.29) is 6.04 Å². The molecule has 0 spiro atoms. The van der Waals surface area contributed by atoms with E-state index in [0.29, 0.717) is 17.5 Å². The lowest BCUT2D eigenvalue weighted by Crippen LogP contribution is -2.38. The first kappa shape index (κ1) is 13.6. The van der Waals surface area contributed by atoms with Gasteiger partial charge >= 0.3 is 0 Å². The first-order chi connectivity index (χ1) is 8.48. The minimum Gasteiger partial charge on any atom is -0.307 e. The molecule has 1 aliphatic heterocycles. The molecule has 0 aliphatic carbocycles. The number of nitrogens with one attached hydrogen (secondary N) is 1. The van der Waals surface area contributed by atoms with Gasteiger partial charge in [-0.05, 0) is 37.8 Å². The molecule has 0 radical (unpaired) electrons. The Hall–Kier alpha value is -0.870. The normalized spacial score (nSPS) is 21.7. The van der Waals surface area contributed by atoms with Crippen molar-refractivity contribution in [2.75, 3.05) is 11.5 Å². The zero-order chi connectivity index (χ0) is 13.2. The first-order valence-electron chi connectivity index (χ1n) is 6.50. The van der Waals surface area contributed by atoms with Crippen LogP contribution in [-0.4, -0.2) is 26.0 Å². The number of sulfone groups is 1. The van der Waals surface area contributed by atoms with Gasteiger partial charge in [-0.15, -0.1) is 0 Å². The summed E-state index contributed by atoms with van der Waals surface area (Å²) in [4.78, 5) is 0.